The Kier molecular flexibility index (Phi) is 9.14. The van der Waals surface area contributed by atoms with Crippen molar-refractivity contribution in [2.75, 3.05) is 46.4 Å². The summed E-state index contributed by atoms with van der Waals surface area (Å²) in [6.45, 7) is 5.69. The van der Waals surface area contributed by atoms with Crippen molar-refractivity contribution in [3.05, 3.63) is 24.2 Å². The highest BCUT2D eigenvalue weighted by Crippen LogP contribution is 2.40. The van der Waals surface area contributed by atoms with Gasteiger partial charge in [-0.15, -0.1) is 0 Å². The quantitative estimate of drug-likeness (QED) is 0.505. The van der Waals surface area contributed by atoms with Crippen LogP contribution in [0.25, 0.3) is 0 Å². The largest absolute Gasteiger partial charge is 0.493 e. The summed E-state index contributed by atoms with van der Waals surface area (Å²) in [6, 6.07) is 3.50. The molecule has 0 unspecified atom stereocenters. The van der Waals surface area contributed by atoms with Crippen LogP contribution in [0.3, 0.4) is 0 Å². The van der Waals surface area contributed by atoms with Gasteiger partial charge in [0.05, 0.1) is 27.5 Å². The summed E-state index contributed by atoms with van der Waals surface area (Å²) in [5.41, 5.74) is 0. The number of anilines is 1. The summed E-state index contributed by atoms with van der Waals surface area (Å²) in [5.74, 6) is 4.31. The number of nitrogens with one attached hydrogen (secondary N) is 1. The molecular formula is C21H31N3O5. The van der Waals surface area contributed by atoms with Gasteiger partial charge in [-0.3, -0.25) is 0 Å². The van der Waals surface area contributed by atoms with Crippen LogP contribution in [0.15, 0.2) is 18.3 Å². The fourth-order valence-electron chi connectivity index (χ4n) is 2.64. The van der Waals surface area contributed by atoms with Gasteiger partial charge >= 0.3 is 0 Å². The van der Waals surface area contributed by atoms with Crippen LogP contribution in [0.1, 0.15) is 32.5 Å². The van der Waals surface area contributed by atoms with Crippen LogP contribution in [0, 0.1) is 0 Å². The number of hydrogen-bond acceptors (Lipinski definition) is 8. The Morgan fingerprint density at radius 3 is 2.17 bits per heavy atom. The van der Waals surface area contributed by atoms with E-state index in [1.807, 2.05) is 6.92 Å². The molecular weight excluding hydrogens is 374 g/mol. The average Bonchev–Trinajstić information content (AvgIpc) is 2.76. The van der Waals surface area contributed by atoms with Gasteiger partial charge in [0.1, 0.15) is 24.8 Å². The van der Waals surface area contributed by atoms with Crippen molar-refractivity contribution in [2.45, 2.75) is 33.1 Å². The highest BCUT2D eigenvalue weighted by atomic mass is 16.5. The molecule has 2 rings (SSSR count). The van der Waals surface area contributed by atoms with Crippen LogP contribution in [0.4, 0.5) is 5.82 Å². The molecule has 8 nitrogen and oxygen atoms in total. The first kappa shape index (κ1) is 22.4. The Bertz CT molecular complexity index is 745. The van der Waals surface area contributed by atoms with Gasteiger partial charge in [0.15, 0.2) is 23.1 Å². The lowest BCUT2D eigenvalue weighted by Crippen LogP contribution is -2.13. The second kappa shape index (κ2) is 11.8. The minimum Gasteiger partial charge on any atom is -0.493 e. The molecule has 0 saturated carbocycles. The van der Waals surface area contributed by atoms with E-state index in [1.165, 1.54) is 0 Å². The van der Waals surface area contributed by atoms with Crippen molar-refractivity contribution in [1.29, 1.82) is 0 Å². The minimum atomic E-state index is 0.336. The van der Waals surface area contributed by atoms with E-state index in [1.54, 1.807) is 39.7 Å². The van der Waals surface area contributed by atoms with Crippen molar-refractivity contribution in [1.82, 2.24) is 9.97 Å². The molecule has 0 saturated heterocycles. The van der Waals surface area contributed by atoms with Crippen molar-refractivity contribution < 1.29 is 23.7 Å². The van der Waals surface area contributed by atoms with Crippen LogP contribution >= 0.6 is 0 Å². The molecule has 0 amide bonds. The molecule has 2 aromatic rings. The smallest absolute Gasteiger partial charge is 0.203 e. The summed E-state index contributed by atoms with van der Waals surface area (Å²) in [4.78, 5) is 8.85. The van der Waals surface area contributed by atoms with Gasteiger partial charge in [-0.25, -0.2) is 9.97 Å². The molecule has 0 bridgehead atoms. The molecule has 0 fully saturated rings. The predicted octanol–water partition coefficient (Wildman–Crippen LogP) is 3.73. The second-order valence-electron chi connectivity index (χ2n) is 6.19. The fourth-order valence-corrected chi connectivity index (χ4v) is 2.64. The molecule has 29 heavy (non-hydrogen) atoms. The molecule has 0 aliphatic heterocycles. The molecule has 0 radical (unpaired) electrons. The summed E-state index contributed by atoms with van der Waals surface area (Å²) >= 11 is 0. The number of methoxy groups -OCH3 is 3. The van der Waals surface area contributed by atoms with Gasteiger partial charge < -0.3 is 29.0 Å². The molecule has 0 atom stereocenters. The van der Waals surface area contributed by atoms with E-state index in [-0.39, 0.29) is 0 Å². The van der Waals surface area contributed by atoms with E-state index in [9.17, 15) is 0 Å². The third-order valence-corrected chi connectivity index (χ3v) is 4.19. The zero-order chi connectivity index (χ0) is 21.1. The number of rotatable bonds is 13. The number of ether oxygens (including phenoxy) is 5. The Hall–Kier alpha value is -2.90. The second-order valence-corrected chi connectivity index (χ2v) is 6.19. The monoisotopic (exact) mass is 405 g/mol. The van der Waals surface area contributed by atoms with Crippen LogP contribution in [0.2, 0.25) is 0 Å². The number of unbranched alkanes of at least 4 members (excludes halogenated alkanes) is 1. The van der Waals surface area contributed by atoms with E-state index in [4.69, 9.17) is 23.7 Å². The van der Waals surface area contributed by atoms with Gasteiger partial charge in [-0.05, 0) is 6.42 Å². The number of benzene rings is 1. The summed E-state index contributed by atoms with van der Waals surface area (Å²) in [6.07, 6.45) is 4.65. The van der Waals surface area contributed by atoms with Crippen molar-refractivity contribution >= 4 is 5.82 Å². The first-order valence-corrected chi connectivity index (χ1v) is 9.82. The molecule has 1 aromatic heterocycles. The van der Waals surface area contributed by atoms with Gasteiger partial charge in [0, 0.05) is 25.1 Å². The van der Waals surface area contributed by atoms with Gasteiger partial charge in [0.25, 0.3) is 0 Å². The van der Waals surface area contributed by atoms with Crippen LogP contribution in [-0.4, -0.2) is 51.1 Å². The number of nitrogens with zero attached hydrogens (tertiary/aromatic N) is 2. The molecule has 0 spiro atoms. The third kappa shape index (κ3) is 6.30. The molecule has 1 N–H and O–H groups in total. The van der Waals surface area contributed by atoms with E-state index in [0.29, 0.717) is 42.0 Å². The molecule has 8 heteroatoms. The summed E-state index contributed by atoms with van der Waals surface area (Å²) in [5, 5.41) is 3.33. The third-order valence-electron chi connectivity index (χ3n) is 4.19. The van der Waals surface area contributed by atoms with E-state index >= 15 is 0 Å². The number of aromatic nitrogens is 2. The van der Waals surface area contributed by atoms with Crippen LogP contribution in [-0.2, 0) is 6.42 Å². The predicted molar refractivity (Wildman–Crippen MR) is 112 cm³/mol. The molecule has 0 aliphatic carbocycles. The van der Waals surface area contributed by atoms with Crippen molar-refractivity contribution in [3.8, 4) is 28.7 Å². The Balaban J connectivity index is 1.98. The van der Waals surface area contributed by atoms with Crippen LogP contribution in [0.5, 0.6) is 28.7 Å². The average molecular weight is 405 g/mol. The zero-order valence-corrected chi connectivity index (χ0v) is 17.9. The van der Waals surface area contributed by atoms with Crippen LogP contribution < -0.4 is 29.0 Å². The van der Waals surface area contributed by atoms with E-state index in [0.717, 1.165) is 37.4 Å². The lowest BCUT2D eigenvalue weighted by Gasteiger charge is -2.15. The van der Waals surface area contributed by atoms with Crippen molar-refractivity contribution in [3.63, 3.8) is 0 Å². The fraction of sp³-hybridized carbons (Fsp3) is 0.524. The maximum Gasteiger partial charge on any atom is 0.203 e. The highest BCUT2D eigenvalue weighted by molar-refractivity contribution is 5.55. The van der Waals surface area contributed by atoms with E-state index in [2.05, 4.69) is 22.2 Å². The SMILES string of the molecule is CCCCNc1nc(CC)ncc1OCCOc1cc(OC)c(OC)c(OC)c1. The maximum atomic E-state index is 5.85. The summed E-state index contributed by atoms with van der Waals surface area (Å²) < 4.78 is 27.6. The minimum absolute atomic E-state index is 0.336. The molecule has 1 aromatic carbocycles. The lowest BCUT2D eigenvalue weighted by atomic mass is 10.2. The Labute approximate surface area is 172 Å². The highest BCUT2D eigenvalue weighted by Gasteiger charge is 2.14. The standard InChI is InChI=1S/C21H31N3O5/c1-6-8-9-22-21-18(14-23-19(7-2)24-21)29-11-10-28-15-12-16(25-3)20(27-5)17(13-15)26-4/h12-14H,6-11H2,1-5H3,(H,22,23,24). The lowest BCUT2D eigenvalue weighted by molar-refractivity contribution is 0.215. The zero-order valence-electron chi connectivity index (χ0n) is 17.9. The van der Waals surface area contributed by atoms with Gasteiger partial charge in [0.2, 0.25) is 5.75 Å². The molecule has 0 aliphatic rings. The summed E-state index contributed by atoms with van der Waals surface area (Å²) in [7, 11) is 4.70. The number of aryl methyl sites for hydroxylation is 1. The first-order valence-electron chi connectivity index (χ1n) is 9.82. The van der Waals surface area contributed by atoms with Gasteiger partial charge in [-0.2, -0.15) is 0 Å². The topological polar surface area (TPSA) is 84.0 Å². The first-order chi connectivity index (χ1) is 14.2. The van der Waals surface area contributed by atoms with Gasteiger partial charge in [-0.1, -0.05) is 20.3 Å². The Morgan fingerprint density at radius 1 is 0.897 bits per heavy atom. The normalized spacial score (nSPS) is 10.4. The maximum absolute atomic E-state index is 5.85. The molecule has 160 valence electrons. The number of hydrogen-bond donors (Lipinski definition) is 1. The van der Waals surface area contributed by atoms with E-state index < -0.39 is 0 Å². The molecule has 1 heterocycles. The Morgan fingerprint density at radius 2 is 1.59 bits per heavy atom. The van der Waals surface area contributed by atoms with Crippen molar-refractivity contribution in [2.24, 2.45) is 0 Å².